The van der Waals surface area contributed by atoms with Gasteiger partial charge in [-0.1, -0.05) is 25.7 Å². The molecule has 2 rings (SSSR count). The highest BCUT2D eigenvalue weighted by Gasteiger charge is 2.29. The zero-order chi connectivity index (χ0) is 11.6. The summed E-state index contributed by atoms with van der Waals surface area (Å²) in [6, 6.07) is 2.09. The monoisotopic (exact) mass is 222 g/mol. The van der Waals surface area contributed by atoms with Crippen LogP contribution >= 0.6 is 0 Å². The summed E-state index contributed by atoms with van der Waals surface area (Å²) in [5.74, 6) is 0. The quantitative estimate of drug-likeness (QED) is 0.780. The molecule has 90 valence electrons. The van der Waals surface area contributed by atoms with E-state index in [1.54, 1.807) is 0 Å². The Kier molecular flexibility index (Phi) is 3.33. The first-order chi connectivity index (χ1) is 7.59. The van der Waals surface area contributed by atoms with Crippen molar-refractivity contribution in [2.45, 2.75) is 57.5 Å². The first-order valence-corrected chi connectivity index (χ1v) is 6.31. The molecule has 3 nitrogen and oxygen atoms in total. The fourth-order valence-electron chi connectivity index (χ4n) is 2.73. The van der Waals surface area contributed by atoms with Crippen molar-refractivity contribution < 1.29 is 5.11 Å². The summed E-state index contributed by atoms with van der Waals surface area (Å²) in [4.78, 5) is 0. The predicted octanol–water partition coefficient (Wildman–Crippen LogP) is 2.36. The SMILES string of the molecule is Cc1cc(CC2(O)CCCCCC2)n(C)n1. The lowest BCUT2D eigenvalue weighted by Gasteiger charge is -2.26. The average molecular weight is 222 g/mol. The molecule has 1 heterocycles. The summed E-state index contributed by atoms with van der Waals surface area (Å²) < 4.78 is 1.90. The van der Waals surface area contributed by atoms with Crippen molar-refractivity contribution in [2.75, 3.05) is 0 Å². The largest absolute Gasteiger partial charge is 0.389 e. The van der Waals surface area contributed by atoms with E-state index in [1.165, 1.54) is 12.8 Å². The second-order valence-corrected chi connectivity index (χ2v) is 5.22. The Bertz CT molecular complexity index is 349. The van der Waals surface area contributed by atoms with Crippen LogP contribution in [0.4, 0.5) is 0 Å². The van der Waals surface area contributed by atoms with E-state index in [4.69, 9.17) is 0 Å². The van der Waals surface area contributed by atoms with E-state index >= 15 is 0 Å². The molecular weight excluding hydrogens is 200 g/mol. The number of rotatable bonds is 2. The Morgan fingerprint density at radius 3 is 2.44 bits per heavy atom. The van der Waals surface area contributed by atoms with E-state index in [0.717, 1.165) is 43.5 Å². The lowest BCUT2D eigenvalue weighted by molar-refractivity contribution is 0.0235. The van der Waals surface area contributed by atoms with E-state index in [0.29, 0.717) is 0 Å². The Hall–Kier alpha value is -0.830. The van der Waals surface area contributed by atoms with Crippen molar-refractivity contribution in [3.8, 4) is 0 Å². The van der Waals surface area contributed by atoms with Gasteiger partial charge in [-0.15, -0.1) is 0 Å². The second kappa shape index (κ2) is 4.58. The van der Waals surface area contributed by atoms with Crippen LogP contribution < -0.4 is 0 Å². The van der Waals surface area contributed by atoms with Gasteiger partial charge < -0.3 is 5.11 Å². The first kappa shape index (κ1) is 11.6. The molecule has 0 radical (unpaired) electrons. The molecule has 16 heavy (non-hydrogen) atoms. The van der Waals surface area contributed by atoms with E-state index in [9.17, 15) is 5.11 Å². The molecule has 0 aliphatic heterocycles. The van der Waals surface area contributed by atoms with Crippen LogP contribution in [0.3, 0.4) is 0 Å². The van der Waals surface area contributed by atoms with Crippen LogP contribution in [0.25, 0.3) is 0 Å². The smallest absolute Gasteiger partial charge is 0.0702 e. The van der Waals surface area contributed by atoms with Gasteiger partial charge in [0.05, 0.1) is 11.3 Å². The van der Waals surface area contributed by atoms with Gasteiger partial charge in [0.25, 0.3) is 0 Å². The lowest BCUT2D eigenvalue weighted by Crippen LogP contribution is -2.31. The van der Waals surface area contributed by atoms with E-state index < -0.39 is 5.60 Å². The molecule has 0 bridgehead atoms. The third-order valence-electron chi connectivity index (χ3n) is 3.64. The molecule has 0 spiro atoms. The number of aromatic nitrogens is 2. The number of hydrogen-bond acceptors (Lipinski definition) is 2. The third kappa shape index (κ3) is 2.64. The first-order valence-electron chi connectivity index (χ1n) is 6.31. The maximum atomic E-state index is 10.6. The van der Waals surface area contributed by atoms with Crippen molar-refractivity contribution in [2.24, 2.45) is 7.05 Å². The lowest BCUT2D eigenvalue weighted by atomic mass is 9.89. The van der Waals surface area contributed by atoms with Gasteiger partial charge in [-0.3, -0.25) is 4.68 Å². The molecule has 1 aliphatic rings. The van der Waals surface area contributed by atoms with Gasteiger partial charge in [0.15, 0.2) is 0 Å². The highest BCUT2D eigenvalue weighted by Crippen LogP contribution is 2.30. The topological polar surface area (TPSA) is 38.0 Å². The molecule has 0 amide bonds. The summed E-state index contributed by atoms with van der Waals surface area (Å²) in [5.41, 5.74) is 1.70. The average Bonchev–Trinajstić information content (AvgIpc) is 2.41. The maximum Gasteiger partial charge on any atom is 0.0702 e. The maximum absolute atomic E-state index is 10.6. The molecule has 3 heteroatoms. The second-order valence-electron chi connectivity index (χ2n) is 5.22. The third-order valence-corrected chi connectivity index (χ3v) is 3.64. The molecule has 1 aromatic rings. The number of aliphatic hydroxyl groups is 1. The van der Waals surface area contributed by atoms with Crippen LogP contribution in [0, 0.1) is 6.92 Å². The van der Waals surface area contributed by atoms with Gasteiger partial charge >= 0.3 is 0 Å². The Labute approximate surface area is 97.5 Å². The Balaban J connectivity index is 2.09. The van der Waals surface area contributed by atoms with Crippen molar-refractivity contribution >= 4 is 0 Å². The number of aryl methyl sites for hydroxylation is 2. The Morgan fingerprint density at radius 2 is 1.94 bits per heavy atom. The molecule has 0 saturated heterocycles. The van der Waals surface area contributed by atoms with Gasteiger partial charge in [0.2, 0.25) is 0 Å². The minimum atomic E-state index is -0.489. The summed E-state index contributed by atoms with van der Waals surface area (Å²) >= 11 is 0. The molecule has 0 aromatic carbocycles. The van der Waals surface area contributed by atoms with Crippen LogP contribution in [-0.2, 0) is 13.5 Å². The zero-order valence-electron chi connectivity index (χ0n) is 10.4. The fraction of sp³-hybridized carbons (Fsp3) is 0.769. The fourth-order valence-corrected chi connectivity index (χ4v) is 2.73. The molecule has 1 N–H and O–H groups in total. The van der Waals surface area contributed by atoms with E-state index in [-0.39, 0.29) is 0 Å². The van der Waals surface area contributed by atoms with Crippen LogP contribution in [0.5, 0.6) is 0 Å². The summed E-state index contributed by atoms with van der Waals surface area (Å²) in [5, 5.41) is 14.9. The minimum absolute atomic E-state index is 0.489. The molecule has 1 aliphatic carbocycles. The van der Waals surface area contributed by atoms with Gasteiger partial charge in [0.1, 0.15) is 0 Å². The minimum Gasteiger partial charge on any atom is -0.389 e. The van der Waals surface area contributed by atoms with Crippen LogP contribution in [0.15, 0.2) is 6.07 Å². The molecule has 0 unspecified atom stereocenters. The van der Waals surface area contributed by atoms with Gasteiger partial charge in [0, 0.05) is 19.2 Å². The van der Waals surface area contributed by atoms with Crippen molar-refractivity contribution in [3.05, 3.63) is 17.5 Å². The highest BCUT2D eigenvalue weighted by atomic mass is 16.3. The Morgan fingerprint density at radius 1 is 1.31 bits per heavy atom. The summed E-state index contributed by atoms with van der Waals surface area (Å²) in [7, 11) is 1.96. The normalized spacial score (nSPS) is 20.7. The van der Waals surface area contributed by atoms with Crippen molar-refractivity contribution in [1.29, 1.82) is 0 Å². The molecule has 1 saturated carbocycles. The van der Waals surface area contributed by atoms with Crippen molar-refractivity contribution in [1.82, 2.24) is 9.78 Å². The van der Waals surface area contributed by atoms with E-state index in [1.807, 2.05) is 18.7 Å². The summed E-state index contributed by atoms with van der Waals surface area (Å²) in [6.45, 7) is 2.00. The summed E-state index contributed by atoms with van der Waals surface area (Å²) in [6.07, 6.45) is 7.50. The van der Waals surface area contributed by atoms with Crippen LogP contribution in [0.2, 0.25) is 0 Å². The molecule has 1 aromatic heterocycles. The van der Waals surface area contributed by atoms with Crippen LogP contribution in [0.1, 0.15) is 49.9 Å². The van der Waals surface area contributed by atoms with Gasteiger partial charge in [-0.05, 0) is 25.8 Å². The molecule has 1 fully saturated rings. The van der Waals surface area contributed by atoms with Gasteiger partial charge in [-0.25, -0.2) is 0 Å². The van der Waals surface area contributed by atoms with Crippen LogP contribution in [-0.4, -0.2) is 20.5 Å². The van der Waals surface area contributed by atoms with Gasteiger partial charge in [-0.2, -0.15) is 5.10 Å². The zero-order valence-corrected chi connectivity index (χ0v) is 10.4. The number of hydrogen-bond donors (Lipinski definition) is 1. The predicted molar refractivity (Wildman–Crippen MR) is 64.3 cm³/mol. The molecular formula is C13H22N2O. The number of nitrogens with zero attached hydrogens (tertiary/aromatic N) is 2. The molecule has 0 atom stereocenters. The van der Waals surface area contributed by atoms with Crippen molar-refractivity contribution in [3.63, 3.8) is 0 Å². The highest BCUT2D eigenvalue weighted by molar-refractivity contribution is 5.11. The van der Waals surface area contributed by atoms with E-state index in [2.05, 4.69) is 11.2 Å². The standard InChI is InChI=1S/C13H22N2O/c1-11-9-12(15(2)14-11)10-13(16)7-5-3-4-6-8-13/h9,16H,3-8,10H2,1-2H3.